The number of allylic oxidation sites excluding steroid dienone is 2. The van der Waals surface area contributed by atoms with E-state index in [2.05, 4.69) is 14.9 Å². The second-order valence-corrected chi connectivity index (χ2v) is 9.95. The van der Waals surface area contributed by atoms with E-state index in [4.69, 9.17) is 35.3 Å². The maximum atomic E-state index is 11.5. The molecule has 0 bridgehead atoms. The van der Waals surface area contributed by atoms with E-state index in [0.717, 1.165) is 50.4 Å². The number of carbonyl (C=O) groups excluding carboxylic acids is 1. The molecule has 1 fully saturated rings. The normalized spacial score (nSPS) is 23.5. The van der Waals surface area contributed by atoms with Gasteiger partial charge in [-0.3, -0.25) is 9.69 Å². The Hall–Kier alpha value is -2.98. The van der Waals surface area contributed by atoms with E-state index in [0.29, 0.717) is 12.9 Å². The van der Waals surface area contributed by atoms with Gasteiger partial charge in [0, 0.05) is 26.2 Å². The van der Waals surface area contributed by atoms with Crippen LogP contribution >= 0.6 is 11.6 Å². The zero-order valence-corrected chi connectivity index (χ0v) is 22.8. The molecule has 2 aliphatic rings. The summed E-state index contributed by atoms with van der Waals surface area (Å²) in [5.74, 6) is 0.111. The fourth-order valence-electron chi connectivity index (χ4n) is 4.66. The highest BCUT2D eigenvalue weighted by Gasteiger charge is 2.51. The number of benzene rings is 1. The van der Waals surface area contributed by atoms with Crippen LogP contribution in [0.3, 0.4) is 0 Å². The van der Waals surface area contributed by atoms with E-state index in [1.54, 1.807) is 0 Å². The molecule has 10 heteroatoms. The van der Waals surface area contributed by atoms with Crippen LogP contribution in [0.1, 0.15) is 29.3 Å². The van der Waals surface area contributed by atoms with Gasteiger partial charge in [0.25, 0.3) is 0 Å². The summed E-state index contributed by atoms with van der Waals surface area (Å²) in [5, 5.41) is 0. The second-order valence-electron chi connectivity index (χ2n) is 9.20. The van der Waals surface area contributed by atoms with Crippen LogP contribution in [0.15, 0.2) is 48.6 Å². The highest BCUT2D eigenvalue weighted by atomic mass is 35.5. The molecule has 2 atom stereocenters. The van der Waals surface area contributed by atoms with E-state index in [1.807, 2.05) is 55.5 Å². The first kappa shape index (κ1) is 28.0. The predicted molar refractivity (Wildman–Crippen MR) is 144 cm³/mol. The Kier molecular flexibility index (Phi) is 9.38. The van der Waals surface area contributed by atoms with Gasteiger partial charge >= 0.3 is 6.01 Å². The molecule has 4 rings (SSSR count). The Labute approximate surface area is 228 Å². The average molecular weight is 544 g/mol. The van der Waals surface area contributed by atoms with Crippen molar-refractivity contribution < 1.29 is 28.5 Å². The van der Waals surface area contributed by atoms with E-state index >= 15 is 0 Å². The predicted octanol–water partition coefficient (Wildman–Crippen LogP) is 3.81. The number of alkyl halides is 1. The van der Waals surface area contributed by atoms with Gasteiger partial charge in [0.1, 0.15) is 22.6 Å². The van der Waals surface area contributed by atoms with Gasteiger partial charge in [0.05, 0.1) is 27.4 Å². The molecule has 0 amide bonds. The van der Waals surface area contributed by atoms with Crippen LogP contribution in [0.4, 0.5) is 0 Å². The smallest absolute Gasteiger partial charge is 0.323 e. The number of ether oxygens (including phenoxy) is 5. The highest BCUT2D eigenvalue weighted by Crippen LogP contribution is 2.47. The Bertz CT molecular complexity index is 1130. The first-order valence-electron chi connectivity index (χ1n) is 12.6. The summed E-state index contributed by atoms with van der Waals surface area (Å²) in [6.07, 6.45) is 7.26. The van der Waals surface area contributed by atoms with Crippen LogP contribution in [-0.4, -0.2) is 91.9 Å². The van der Waals surface area contributed by atoms with Gasteiger partial charge in [-0.2, -0.15) is 9.97 Å². The first-order chi connectivity index (χ1) is 18.4. The van der Waals surface area contributed by atoms with Crippen LogP contribution in [0.5, 0.6) is 17.8 Å². The standard InChI is InChI=1S/C28H34ClN3O6/c1-27(29)23(21-9-5-4-6-10-21)11-7-12-28(27,38-16-8-13-32-14-17-36-18-15-32)20-37-26-30-24(34-2)22(19-33)25(31-26)35-3/h4-7,9-12,19H,8,13-18,20H2,1-3H3. The number of nitrogens with zero attached hydrogens (tertiary/aromatic N) is 3. The van der Waals surface area contributed by atoms with Crippen LogP contribution in [-0.2, 0) is 9.47 Å². The minimum Gasteiger partial charge on any atom is -0.480 e. The van der Waals surface area contributed by atoms with Gasteiger partial charge in [0.2, 0.25) is 11.8 Å². The second kappa shape index (κ2) is 12.7. The summed E-state index contributed by atoms with van der Waals surface area (Å²) in [6.45, 7) is 6.64. The maximum Gasteiger partial charge on any atom is 0.323 e. The summed E-state index contributed by atoms with van der Waals surface area (Å²) in [4.78, 5) is 21.4. The van der Waals surface area contributed by atoms with Crippen molar-refractivity contribution in [2.24, 2.45) is 0 Å². The van der Waals surface area contributed by atoms with Crippen molar-refractivity contribution in [3.05, 3.63) is 59.7 Å². The number of aldehydes is 1. The molecule has 38 heavy (non-hydrogen) atoms. The number of rotatable bonds is 12. The summed E-state index contributed by atoms with van der Waals surface area (Å²) in [5.41, 5.74) is 0.953. The number of carbonyl (C=O) groups is 1. The lowest BCUT2D eigenvalue weighted by molar-refractivity contribution is -0.0577. The average Bonchev–Trinajstić information content (AvgIpc) is 2.95. The topological polar surface area (TPSA) is 92.2 Å². The summed E-state index contributed by atoms with van der Waals surface area (Å²) < 4.78 is 28.6. The third-order valence-corrected chi connectivity index (χ3v) is 7.39. The van der Waals surface area contributed by atoms with Crippen molar-refractivity contribution in [3.63, 3.8) is 0 Å². The largest absolute Gasteiger partial charge is 0.480 e. The van der Waals surface area contributed by atoms with Crippen LogP contribution in [0.2, 0.25) is 0 Å². The fourth-order valence-corrected chi connectivity index (χ4v) is 5.01. The molecule has 1 saturated heterocycles. The summed E-state index contributed by atoms with van der Waals surface area (Å²) in [6, 6.07) is 9.94. The van der Waals surface area contributed by atoms with Gasteiger partial charge in [-0.1, -0.05) is 42.5 Å². The van der Waals surface area contributed by atoms with E-state index in [-0.39, 0.29) is 29.9 Å². The Morgan fingerprint density at radius 1 is 1.11 bits per heavy atom. The van der Waals surface area contributed by atoms with Crippen LogP contribution in [0.25, 0.3) is 5.57 Å². The molecule has 0 spiro atoms. The molecule has 1 aromatic carbocycles. The van der Waals surface area contributed by atoms with E-state index in [9.17, 15) is 4.79 Å². The van der Waals surface area contributed by atoms with Crippen molar-refractivity contribution in [1.82, 2.24) is 14.9 Å². The molecule has 204 valence electrons. The maximum absolute atomic E-state index is 11.5. The first-order valence-corrected chi connectivity index (χ1v) is 13.0. The Morgan fingerprint density at radius 3 is 2.42 bits per heavy atom. The zero-order chi connectivity index (χ0) is 27.0. The lowest BCUT2D eigenvalue weighted by atomic mass is 9.76. The van der Waals surface area contributed by atoms with Crippen LogP contribution < -0.4 is 14.2 Å². The minimum atomic E-state index is -1.05. The van der Waals surface area contributed by atoms with Gasteiger partial charge in [-0.05, 0) is 30.6 Å². The number of aromatic nitrogens is 2. The van der Waals surface area contributed by atoms with E-state index < -0.39 is 10.5 Å². The Morgan fingerprint density at radius 2 is 1.79 bits per heavy atom. The zero-order valence-electron chi connectivity index (χ0n) is 22.0. The summed E-state index contributed by atoms with van der Waals surface area (Å²) >= 11 is 7.37. The number of hydrogen-bond acceptors (Lipinski definition) is 9. The van der Waals surface area contributed by atoms with Gasteiger partial charge in [-0.15, -0.1) is 11.6 Å². The third kappa shape index (κ3) is 6.02. The van der Waals surface area contributed by atoms with Crippen molar-refractivity contribution in [2.75, 3.05) is 60.3 Å². The molecule has 2 unspecified atom stereocenters. The molecule has 9 nitrogen and oxygen atoms in total. The highest BCUT2D eigenvalue weighted by molar-refractivity contribution is 6.31. The van der Waals surface area contributed by atoms with Gasteiger partial charge in [0.15, 0.2) is 6.29 Å². The van der Waals surface area contributed by atoms with Crippen molar-refractivity contribution in [3.8, 4) is 17.8 Å². The minimum absolute atomic E-state index is 0.0119. The number of hydrogen-bond donors (Lipinski definition) is 0. The third-order valence-electron chi connectivity index (χ3n) is 6.87. The molecule has 2 aromatic rings. The van der Waals surface area contributed by atoms with Crippen molar-refractivity contribution >= 4 is 23.5 Å². The van der Waals surface area contributed by atoms with Gasteiger partial charge < -0.3 is 23.7 Å². The lowest BCUT2D eigenvalue weighted by Crippen LogP contribution is -2.55. The molecular weight excluding hydrogens is 510 g/mol. The molecule has 1 aromatic heterocycles. The lowest BCUT2D eigenvalue weighted by Gasteiger charge is -2.45. The molecule has 2 heterocycles. The number of morpholine rings is 1. The van der Waals surface area contributed by atoms with Gasteiger partial charge in [-0.25, -0.2) is 0 Å². The fraction of sp³-hybridized carbons (Fsp3) is 0.464. The summed E-state index contributed by atoms with van der Waals surface area (Å²) in [7, 11) is 2.82. The SMILES string of the molecule is COc1nc(OCC2(OCCCN3CCOCC3)C=CC=C(c3ccccc3)C2(C)Cl)nc(OC)c1C=O. The van der Waals surface area contributed by atoms with Crippen molar-refractivity contribution in [2.45, 2.75) is 23.8 Å². The van der Waals surface area contributed by atoms with E-state index in [1.165, 1.54) is 14.2 Å². The molecule has 0 saturated carbocycles. The molecule has 1 aliphatic carbocycles. The Balaban J connectivity index is 1.58. The molecule has 0 N–H and O–H groups in total. The number of halogens is 1. The molecule has 0 radical (unpaired) electrons. The quantitative estimate of drug-likeness (QED) is 0.225. The molecule has 1 aliphatic heterocycles. The number of methoxy groups -OCH3 is 2. The van der Waals surface area contributed by atoms with Crippen LogP contribution in [0, 0.1) is 0 Å². The monoisotopic (exact) mass is 543 g/mol. The van der Waals surface area contributed by atoms with Crippen molar-refractivity contribution in [1.29, 1.82) is 0 Å². The molecular formula is C28H34ClN3O6.